The summed E-state index contributed by atoms with van der Waals surface area (Å²) in [6.45, 7) is 2.76. The Labute approximate surface area is 92.8 Å². The first-order valence-electron chi connectivity index (χ1n) is 5.58. The monoisotopic (exact) mass is 218 g/mol. The molecule has 84 valence electrons. The van der Waals surface area contributed by atoms with Crippen LogP contribution in [0.2, 0.25) is 0 Å². The summed E-state index contributed by atoms with van der Waals surface area (Å²) in [6, 6.07) is 5.98. The second kappa shape index (κ2) is 3.49. The lowest BCUT2D eigenvalue weighted by atomic mass is 10.2. The zero-order chi connectivity index (χ0) is 11.1. The molecular weight excluding hydrogens is 204 g/mol. The molecule has 0 bridgehead atoms. The Morgan fingerprint density at radius 2 is 2.38 bits per heavy atom. The molecule has 1 atom stereocenters. The van der Waals surface area contributed by atoms with E-state index in [9.17, 15) is 4.79 Å². The van der Waals surface area contributed by atoms with Crippen molar-refractivity contribution in [3.8, 4) is 0 Å². The molecule has 1 aromatic heterocycles. The van der Waals surface area contributed by atoms with Crippen molar-refractivity contribution in [3.05, 3.63) is 34.2 Å². The molecule has 0 radical (unpaired) electrons. The predicted molar refractivity (Wildman–Crippen MR) is 61.5 cm³/mol. The second-order valence-electron chi connectivity index (χ2n) is 4.29. The molecule has 4 heteroatoms. The molecule has 1 unspecified atom stereocenters. The van der Waals surface area contributed by atoms with E-state index in [4.69, 9.17) is 4.74 Å². The van der Waals surface area contributed by atoms with Gasteiger partial charge in [0.1, 0.15) is 6.23 Å². The van der Waals surface area contributed by atoms with Crippen molar-refractivity contribution in [2.24, 2.45) is 0 Å². The van der Waals surface area contributed by atoms with Crippen molar-refractivity contribution in [2.45, 2.75) is 26.0 Å². The number of aromatic nitrogens is 2. The molecule has 1 aromatic carbocycles. The molecule has 1 saturated heterocycles. The third kappa shape index (κ3) is 1.38. The molecule has 1 N–H and O–H groups in total. The summed E-state index contributed by atoms with van der Waals surface area (Å²) >= 11 is 0. The molecule has 3 rings (SSSR count). The molecular formula is C12H14N2O2. The molecule has 16 heavy (non-hydrogen) atoms. The number of aromatic amines is 1. The molecule has 0 aliphatic carbocycles. The number of nitrogens with one attached hydrogen (secondary N) is 1. The predicted octanol–water partition coefficient (Wildman–Crippen LogP) is 1.95. The number of imidazole rings is 1. The minimum absolute atomic E-state index is 0.0764. The maximum atomic E-state index is 11.9. The van der Waals surface area contributed by atoms with Crippen molar-refractivity contribution in [1.29, 1.82) is 0 Å². The Bertz CT molecular complexity index is 576. The molecule has 2 aromatic rings. The smallest absolute Gasteiger partial charge is 0.328 e. The third-order valence-electron chi connectivity index (χ3n) is 3.07. The Morgan fingerprint density at radius 1 is 1.50 bits per heavy atom. The number of hydrogen-bond donors (Lipinski definition) is 1. The first-order valence-corrected chi connectivity index (χ1v) is 5.58. The molecule has 0 amide bonds. The van der Waals surface area contributed by atoms with Crippen LogP contribution in [0.1, 0.15) is 24.6 Å². The quantitative estimate of drug-likeness (QED) is 0.795. The maximum Gasteiger partial charge on any atom is 0.328 e. The zero-order valence-electron chi connectivity index (χ0n) is 9.19. The summed E-state index contributed by atoms with van der Waals surface area (Å²) in [7, 11) is 0. The number of benzene rings is 1. The maximum absolute atomic E-state index is 11.9. The average molecular weight is 218 g/mol. The van der Waals surface area contributed by atoms with Crippen LogP contribution in [0.4, 0.5) is 0 Å². The highest BCUT2D eigenvalue weighted by atomic mass is 16.5. The van der Waals surface area contributed by atoms with Crippen LogP contribution in [0.3, 0.4) is 0 Å². The van der Waals surface area contributed by atoms with Gasteiger partial charge in [0.15, 0.2) is 0 Å². The van der Waals surface area contributed by atoms with Crippen molar-refractivity contribution >= 4 is 11.0 Å². The number of ether oxygens (including phenoxy) is 1. The first-order chi connectivity index (χ1) is 7.75. The van der Waals surface area contributed by atoms with Crippen LogP contribution in [0, 0.1) is 6.92 Å². The first kappa shape index (κ1) is 9.66. The van der Waals surface area contributed by atoms with Crippen molar-refractivity contribution in [3.63, 3.8) is 0 Å². The largest absolute Gasteiger partial charge is 0.358 e. The summed E-state index contributed by atoms with van der Waals surface area (Å²) in [5.74, 6) is 0. The fraction of sp³-hybridized carbons (Fsp3) is 0.417. The minimum Gasteiger partial charge on any atom is -0.358 e. The number of nitrogens with zero attached hydrogens (tertiary/aromatic N) is 1. The van der Waals surface area contributed by atoms with E-state index in [0.29, 0.717) is 0 Å². The van der Waals surface area contributed by atoms with Gasteiger partial charge in [0, 0.05) is 6.61 Å². The summed E-state index contributed by atoms with van der Waals surface area (Å²) < 4.78 is 7.28. The van der Waals surface area contributed by atoms with E-state index in [-0.39, 0.29) is 11.9 Å². The van der Waals surface area contributed by atoms with Gasteiger partial charge in [-0.2, -0.15) is 0 Å². The van der Waals surface area contributed by atoms with E-state index in [1.807, 2.05) is 25.1 Å². The van der Waals surface area contributed by atoms with E-state index in [0.717, 1.165) is 36.0 Å². The summed E-state index contributed by atoms with van der Waals surface area (Å²) in [5.41, 5.74) is 2.89. The van der Waals surface area contributed by atoms with E-state index in [2.05, 4.69) is 4.98 Å². The van der Waals surface area contributed by atoms with Crippen LogP contribution < -0.4 is 5.69 Å². The second-order valence-corrected chi connectivity index (χ2v) is 4.29. The van der Waals surface area contributed by atoms with Crippen LogP contribution in [0.5, 0.6) is 0 Å². The molecule has 2 heterocycles. The lowest BCUT2D eigenvalue weighted by molar-refractivity contribution is 0.0573. The van der Waals surface area contributed by atoms with E-state index >= 15 is 0 Å². The summed E-state index contributed by atoms with van der Waals surface area (Å²) in [6.07, 6.45) is 1.85. The van der Waals surface area contributed by atoms with Gasteiger partial charge >= 0.3 is 5.69 Å². The van der Waals surface area contributed by atoms with Gasteiger partial charge in [0.25, 0.3) is 0 Å². The van der Waals surface area contributed by atoms with Gasteiger partial charge in [-0.3, -0.25) is 4.57 Å². The zero-order valence-corrected chi connectivity index (χ0v) is 9.19. The fourth-order valence-electron chi connectivity index (χ4n) is 2.30. The topological polar surface area (TPSA) is 47.0 Å². The normalized spacial score (nSPS) is 20.7. The van der Waals surface area contributed by atoms with Gasteiger partial charge in [-0.1, -0.05) is 6.07 Å². The van der Waals surface area contributed by atoms with Crippen LogP contribution >= 0.6 is 0 Å². The van der Waals surface area contributed by atoms with Gasteiger partial charge in [0.05, 0.1) is 11.0 Å². The highest BCUT2D eigenvalue weighted by Gasteiger charge is 2.21. The number of H-pyrrole nitrogens is 1. The summed E-state index contributed by atoms with van der Waals surface area (Å²) in [5, 5.41) is 0. The van der Waals surface area contributed by atoms with Crippen molar-refractivity contribution in [2.75, 3.05) is 6.61 Å². The molecule has 0 spiro atoms. The van der Waals surface area contributed by atoms with Gasteiger partial charge in [-0.15, -0.1) is 0 Å². The standard InChI is InChI=1S/C12H14N2O2/c1-8-4-5-10-9(7-8)13-12(15)14(10)11-3-2-6-16-11/h4-5,7,11H,2-3,6H2,1H3,(H,13,15). The Hall–Kier alpha value is -1.55. The highest BCUT2D eigenvalue weighted by molar-refractivity contribution is 5.76. The lowest BCUT2D eigenvalue weighted by Gasteiger charge is -2.10. The third-order valence-corrected chi connectivity index (χ3v) is 3.07. The Kier molecular flexibility index (Phi) is 2.11. The van der Waals surface area contributed by atoms with Crippen LogP contribution in [0.25, 0.3) is 11.0 Å². The van der Waals surface area contributed by atoms with Gasteiger partial charge in [0.2, 0.25) is 0 Å². The minimum atomic E-state index is -0.0936. The van der Waals surface area contributed by atoms with E-state index in [1.165, 1.54) is 0 Å². The molecule has 1 fully saturated rings. The SMILES string of the molecule is Cc1ccc2c(c1)[nH]c(=O)n2C1CCCO1. The number of aryl methyl sites for hydroxylation is 1. The molecule has 0 saturated carbocycles. The van der Waals surface area contributed by atoms with Gasteiger partial charge in [-0.25, -0.2) is 4.79 Å². The highest BCUT2D eigenvalue weighted by Crippen LogP contribution is 2.25. The van der Waals surface area contributed by atoms with Crippen LogP contribution in [-0.2, 0) is 4.74 Å². The molecule has 1 aliphatic heterocycles. The number of hydrogen-bond acceptors (Lipinski definition) is 2. The van der Waals surface area contributed by atoms with Crippen LogP contribution in [-0.4, -0.2) is 16.2 Å². The summed E-state index contributed by atoms with van der Waals surface area (Å²) in [4.78, 5) is 14.7. The number of rotatable bonds is 1. The lowest BCUT2D eigenvalue weighted by Crippen LogP contribution is -2.21. The van der Waals surface area contributed by atoms with E-state index in [1.54, 1.807) is 4.57 Å². The average Bonchev–Trinajstić information content (AvgIpc) is 2.83. The number of fused-ring (bicyclic) bond motifs is 1. The van der Waals surface area contributed by atoms with Crippen molar-refractivity contribution < 1.29 is 4.74 Å². The van der Waals surface area contributed by atoms with Crippen molar-refractivity contribution in [1.82, 2.24) is 9.55 Å². The van der Waals surface area contributed by atoms with E-state index < -0.39 is 0 Å². The molecule has 1 aliphatic rings. The van der Waals surface area contributed by atoms with Gasteiger partial charge < -0.3 is 9.72 Å². The van der Waals surface area contributed by atoms with Crippen LogP contribution in [0.15, 0.2) is 23.0 Å². The van der Waals surface area contributed by atoms with Gasteiger partial charge in [-0.05, 0) is 37.5 Å². The fourth-order valence-corrected chi connectivity index (χ4v) is 2.30. The molecule has 4 nitrogen and oxygen atoms in total. The Morgan fingerprint density at radius 3 is 3.12 bits per heavy atom. The Balaban J connectivity index is 2.23.